The van der Waals surface area contributed by atoms with Crippen LogP contribution >= 0.6 is 22.9 Å². The van der Waals surface area contributed by atoms with Gasteiger partial charge >= 0.3 is 5.97 Å². The summed E-state index contributed by atoms with van der Waals surface area (Å²) in [5.74, 6) is -0.745. The van der Waals surface area contributed by atoms with Crippen molar-refractivity contribution in [3.05, 3.63) is 21.3 Å². The highest BCUT2D eigenvalue weighted by Gasteiger charge is 2.20. The minimum absolute atomic E-state index is 0.0675. The van der Waals surface area contributed by atoms with Crippen molar-refractivity contribution in [1.82, 2.24) is 5.32 Å². The van der Waals surface area contributed by atoms with E-state index in [4.69, 9.17) is 16.7 Å². The van der Waals surface area contributed by atoms with Crippen LogP contribution in [0.2, 0.25) is 4.34 Å². The quantitative estimate of drug-likeness (QED) is 0.841. The Kier molecular flexibility index (Phi) is 4.57. The molecular weight excluding hydrogens is 234 g/mol. The Hall–Kier alpha value is -0.580. The average Bonchev–Trinajstić information content (AvgIpc) is 2.50. The molecule has 0 aliphatic heterocycles. The SMILES string of the molecule is CC(C)[C@@H](NCc1ccc(Cl)s1)C(=O)O. The normalized spacial score (nSPS) is 13.1. The lowest BCUT2D eigenvalue weighted by Crippen LogP contribution is -2.40. The van der Waals surface area contributed by atoms with Crippen molar-refractivity contribution < 1.29 is 9.90 Å². The van der Waals surface area contributed by atoms with Gasteiger partial charge in [-0.05, 0) is 18.1 Å². The third-order valence-electron chi connectivity index (χ3n) is 2.06. The monoisotopic (exact) mass is 247 g/mol. The Labute approximate surface area is 98.1 Å². The zero-order valence-corrected chi connectivity index (χ0v) is 10.2. The molecule has 0 bridgehead atoms. The van der Waals surface area contributed by atoms with Crippen LogP contribution in [-0.4, -0.2) is 17.1 Å². The standard InChI is InChI=1S/C10H14ClNO2S/c1-6(2)9(10(13)14)12-5-7-3-4-8(11)15-7/h3-4,6,9,12H,5H2,1-2H3,(H,13,14)/t9-/m1/s1. The third-order valence-corrected chi connectivity index (χ3v) is 3.29. The van der Waals surface area contributed by atoms with Crippen molar-refractivity contribution >= 4 is 28.9 Å². The first-order valence-corrected chi connectivity index (χ1v) is 5.90. The lowest BCUT2D eigenvalue weighted by molar-refractivity contribution is -0.140. The van der Waals surface area contributed by atoms with Gasteiger partial charge in [0.25, 0.3) is 0 Å². The molecule has 0 saturated heterocycles. The van der Waals surface area contributed by atoms with Crippen LogP contribution in [0.5, 0.6) is 0 Å². The zero-order valence-electron chi connectivity index (χ0n) is 8.66. The van der Waals surface area contributed by atoms with Crippen LogP contribution in [0.15, 0.2) is 12.1 Å². The number of hydrogen-bond donors (Lipinski definition) is 2. The zero-order chi connectivity index (χ0) is 11.4. The fraction of sp³-hybridized carbons (Fsp3) is 0.500. The second-order valence-electron chi connectivity index (χ2n) is 3.65. The maximum atomic E-state index is 10.9. The van der Waals surface area contributed by atoms with Crippen LogP contribution in [-0.2, 0) is 11.3 Å². The number of nitrogens with one attached hydrogen (secondary N) is 1. The van der Waals surface area contributed by atoms with Crippen molar-refractivity contribution in [2.45, 2.75) is 26.4 Å². The van der Waals surface area contributed by atoms with Crippen LogP contribution in [0.25, 0.3) is 0 Å². The van der Waals surface area contributed by atoms with Gasteiger partial charge in [0.05, 0.1) is 4.34 Å². The molecule has 0 spiro atoms. The number of thiophene rings is 1. The number of rotatable bonds is 5. The van der Waals surface area contributed by atoms with E-state index in [1.165, 1.54) is 11.3 Å². The Balaban J connectivity index is 2.50. The van der Waals surface area contributed by atoms with Crippen LogP contribution in [0.1, 0.15) is 18.7 Å². The molecule has 0 unspecified atom stereocenters. The number of carbonyl (C=O) groups is 1. The molecule has 1 atom stereocenters. The van der Waals surface area contributed by atoms with Crippen molar-refractivity contribution in [2.24, 2.45) is 5.92 Å². The summed E-state index contributed by atoms with van der Waals surface area (Å²) in [5.41, 5.74) is 0. The van der Waals surface area contributed by atoms with Crippen LogP contribution < -0.4 is 5.32 Å². The molecule has 3 nitrogen and oxygen atoms in total. The first-order chi connectivity index (χ1) is 7.00. The number of aliphatic carboxylic acids is 1. The van der Waals surface area contributed by atoms with Gasteiger partial charge in [-0.1, -0.05) is 25.4 Å². The fourth-order valence-corrected chi connectivity index (χ4v) is 2.30. The summed E-state index contributed by atoms with van der Waals surface area (Å²) in [6, 6.07) is 3.21. The van der Waals surface area contributed by atoms with Gasteiger partial charge in [-0.3, -0.25) is 10.1 Å². The molecule has 1 aromatic heterocycles. The van der Waals surface area contributed by atoms with Crippen molar-refractivity contribution in [3.8, 4) is 0 Å². The number of carboxylic acid groups (broad SMARTS) is 1. The number of halogens is 1. The molecule has 5 heteroatoms. The minimum atomic E-state index is -0.812. The van der Waals surface area contributed by atoms with E-state index >= 15 is 0 Å². The second kappa shape index (κ2) is 5.49. The van der Waals surface area contributed by atoms with Gasteiger partial charge in [-0.2, -0.15) is 0 Å². The van der Waals surface area contributed by atoms with E-state index in [1.54, 1.807) is 0 Å². The summed E-state index contributed by atoms with van der Waals surface area (Å²) < 4.78 is 0.725. The predicted octanol–water partition coefficient (Wildman–Crippen LogP) is 2.60. The van der Waals surface area contributed by atoms with E-state index < -0.39 is 12.0 Å². The molecule has 0 aliphatic carbocycles. The molecule has 0 radical (unpaired) electrons. The van der Waals surface area contributed by atoms with Crippen molar-refractivity contribution in [3.63, 3.8) is 0 Å². The molecule has 1 aromatic rings. The summed E-state index contributed by atoms with van der Waals surface area (Å²) in [6.07, 6.45) is 0. The average molecular weight is 248 g/mol. The van der Waals surface area contributed by atoms with Gasteiger partial charge in [-0.25, -0.2) is 0 Å². The first kappa shape index (κ1) is 12.5. The van der Waals surface area contributed by atoms with E-state index in [0.29, 0.717) is 6.54 Å². The molecule has 0 amide bonds. The predicted molar refractivity (Wildman–Crippen MR) is 62.4 cm³/mol. The molecule has 0 aliphatic rings. The van der Waals surface area contributed by atoms with E-state index in [-0.39, 0.29) is 5.92 Å². The minimum Gasteiger partial charge on any atom is -0.480 e. The van der Waals surface area contributed by atoms with Crippen LogP contribution in [0.3, 0.4) is 0 Å². The van der Waals surface area contributed by atoms with E-state index in [9.17, 15) is 4.79 Å². The van der Waals surface area contributed by atoms with Gasteiger partial charge < -0.3 is 5.11 Å². The summed E-state index contributed by atoms with van der Waals surface area (Å²) in [4.78, 5) is 11.9. The van der Waals surface area contributed by atoms with Gasteiger partial charge in [0, 0.05) is 11.4 Å². The lowest BCUT2D eigenvalue weighted by Gasteiger charge is -2.17. The highest BCUT2D eigenvalue weighted by molar-refractivity contribution is 7.16. The highest BCUT2D eigenvalue weighted by Crippen LogP contribution is 2.21. The largest absolute Gasteiger partial charge is 0.480 e. The topological polar surface area (TPSA) is 49.3 Å². The van der Waals surface area contributed by atoms with E-state index in [2.05, 4.69) is 5.32 Å². The molecule has 2 N–H and O–H groups in total. The van der Waals surface area contributed by atoms with Gasteiger partial charge in [0.15, 0.2) is 0 Å². The van der Waals surface area contributed by atoms with Crippen molar-refractivity contribution in [2.75, 3.05) is 0 Å². The van der Waals surface area contributed by atoms with Gasteiger partial charge in [0.1, 0.15) is 6.04 Å². The number of carboxylic acids is 1. The molecule has 1 heterocycles. The highest BCUT2D eigenvalue weighted by atomic mass is 35.5. The summed E-state index contributed by atoms with van der Waals surface area (Å²) >= 11 is 7.24. The van der Waals surface area contributed by atoms with Crippen molar-refractivity contribution in [1.29, 1.82) is 0 Å². The molecule has 84 valence electrons. The Morgan fingerprint density at radius 2 is 2.27 bits per heavy atom. The summed E-state index contributed by atoms with van der Waals surface area (Å²) in [6.45, 7) is 4.31. The van der Waals surface area contributed by atoms with E-state index in [1.807, 2.05) is 26.0 Å². The summed E-state index contributed by atoms with van der Waals surface area (Å²) in [7, 11) is 0. The number of hydrogen-bond acceptors (Lipinski definition) is 3. The third kappa shape index (κ3) is 3.81. The van der Waals surface area contributed by atoms with Gasteiger partial charge in [0.2, 0.25) is 0 Å². The molecular formula is C10H14ClNO2S. The van der Waals surface area contributed by atoms with Crippen LogP contribution in [0, 0.1) is 5.92 Å². The molecule has 15 heavy (non-hydrogen) atoms. The Morgan fingerprint density at radius 3 is 2.67 bits per heavy atom. The Morgan fingerprint density at radius 1 is 1.60 bits per heavy atom. The molecule has 0 saturated carbocycles. The molecule has 0 fully saturated rings. The lowest BCUT2D eigenvalue weighted by atomic mass is 10.1. The van der Waals surface area contributed by atoms with E-state index in [0.717, 1.165) is 9.21 Å². The second-order valence-corrected chi connectivity index (χ2v) is 5.45. The fourth-order valence-electron chi connectivity index (χ4n) is 1.27. The molecule has 0 aromatic carbocycles. The van der Waals surface area contributed by atoms with Crippen LogP contribution in [0.4, 0.5) is 0 Å². The smallest absolute Gasteiger partial charge is 0.320 e. The Bertz CT molecular complexity index is 338. The maximum Gasteiger partial charge on any atom is 0.320 e. The first-order valence-electron chi connectivity index (χ1n) is 4.71. The van der Waals surface area contributed by atoms with Gasteiger partial charge in [-0.15, -0.1) is 11.3 Å². The maximum absolute atomic E-state index is 10.9. The summed E-state index contributed by atoms with van der Waals surface area (Å²) in [5, 5.41) is 11.9. The molecule has 1 rings (SSSR count).